The summed E-state index contributed by atoms with van der Waals surface area (Å²) in [5.41, 5.74) is 1.72. The first-order valence-electron chi connectivity index (χ1n) is 5.12. The minimum absolute atomic E-state index is 0.105. The Morgan fingerprint density at radius 3 is 2.90 bits per heavy atom. The molecule has 0 atom stereocenters. The summed E-state index contributed by atoms with van der Waals surface area (Å²) in [7, 11) is 0. The fourth-order valence-corrected chi connectivity index (χ4v) is 1.48. The van der Waals surface area contributed by atoms with Gasteiger partial charge in [0.15, 0.2) is 0 Å². The molecule has 0 bridgehead atoms. The predicted molar refractivity (Wildman–Crippen MR) is 68.0 cm³/mol. The summed E-state index contributed by atoms with van der Waals surface area (Å²) in [4.78, 5) is 17.3. The van der Waals surface area contributed by atoms with E-state index in [0.717, 1.165) is 12.3 Å². The van der Waals surface area contributed by atoms with E-state index in [1.165, 1.54) is 12.1 Å². The fourth-order valence-electron chi connectivity index (χ4n) is 1.32. The molecule has 20 heavy (non-hydrogen) atoms. The van der Waals surface area contributed by atoms with Crippen LogP contribution in [-0.2, 0) is 0 Å². The molecule has 0 saturated carbocycles. The van der Waals surface area contributed by atoms with Gasteiger partial charge in [-0.3, -0.25) is 15.5 Å². The lowest BCUT2D eigenvalue weighted by Crippen LogP contribution is -2.11. The maximum Gasteiger partial charge on any atom is 0.311 e. The van der Waals surface area contributed by atoms with Crippen molar-refractivity contribution >= 4 is 23.2 Å². The van der Waals surface area contributed by atoms with Gasteiger partial charge < -0.3 is 4.74 Å². The molecule has 0 aliphatic rings. The van der Waals surface area contributed by atoms with Crippen LogP contribution in [0.25, 0.3) is 0 Å². The molecule has 2 rings (SSSR count). The molecule has 0 aliphatic carbocycles. The molecule has 1 heterocycles. The highest BCUT2D eigenvalue weighted by atomic mass is 35.5. The minimum Gasteiger partial charge on any atom is -0.429 e. The molecule has 2 aromatic rings. The predicted octanol–water partition coefficient (Wildman–Crippen LogP) is 2.26. The average molecular weight is 300 g/mol. The summed E-state index contributed by atoms with van der Waals surface area (Å²) in [6.07, 6.45) is 0.813. The quantitative estimate of drug-likeness (QED) is 0.505. The average Bonchev–Trinajstić information content (AvgIpc) is 2.41. The summed E-state index contributed by atoms with van der Waals surface area (Å²) in [5.74, 6) is 3.31. The van der Waals surface area contributed by atoms with Crippen molar-refractivity contribution in [2.45, 2.75) is 0 Å². The molecule has 3 N–H and O–H groups in total. The molecule has 1 aromatic heterocycles. The van der Waals surface area contributed by atoms with Crippen molar-refractivity contribution < 1.29 is 14.1 Å². The largest absolute Gasteiger partial charge is 0.429 e. The number of aromatic nitrogens is 2. The van der Waals surface area contributed by atoms with Crippen molar-refractivity contribution in [3.05, 3.63) is 45.4 Å². The molecule has 1 aromatic carbocycles. The van der Waals surface area contributed by atoms with Crippen molar-refractivity contribution in [2.75, 3.05) is 5.43 Å². The molecule has 0 saturated heterocycles. The molecular formula is C10H7ClFN5O3. The van der Waals surface area contributed by atoms with E-state index in [0.29, 0.717) is 0 Å². The number of nitrogens with two attached hydrogens (primary N) is 1. The van der Waals surface area contributed by atoms with Gasteiger partial charge in [-0.25, -0.2) is 10.8 Å². The molecule has 0 radical (unpaired) electrons. The number of hydrazine groups is 1. The zero-order chi connectivity index (χ0) is 14.7. The van der Waals surface area contributed by atoms with Gasteiger partial charge in [-0.1, -0.05) is 11.6 Å². The second kappa shape index (κ2) is 5.63. The van der Waals surface area contributed by atoms with Crippen molar-refractivity contribution in [2.24, 2.45) is 5.84 Å². The molecule has 10 heteroatoms. The van der Waals surface area contributed by atoms with E-state index >= 15 is 0 Å². The number of nitro groups is 1. The number of hydrogen-bond acceptors (Lipinski definition) is 7. The Bertz CT molecular complexity index is 669. The third-order valence-corrected chi connectivity index (χ3v) is 2.40. The monoisotopic (exact) mass is 299 g/mol. The SMILES string of the molecule is NNc1ncc(F)c(Oc2cc(Cl)ccc2[N+](=O)[O-])n1. The van der Waals surface area contributed by atoms with E-state index in [9.17, 15) is 14.5 Å². The lowest BCUT2D eigenvalue weighted by Gasteiger charge is -2.07. The van der Waals surface area contributed by atoms with Gasteiger partial charge in [-0.05, 0) is 6.07 Å². The van der Waals surface area contributed by atoms with E-state index in [-0.39, 0.29) is 22.4 Å². The molecule has 8 nitrogen and oxygen atoms in total. The zero-order valence-electron chi connectivity index (χ0n) is 9.71. The van der Waals surface area contributed by atoms with Gasteiger partial charge in [0.1, 0.15) is 0 Å². The molecule has 0 spiro atoms. The number of nitro benzene ring substituents is 1. The number of nitrogens with one attached hydrogen (secondary N) is 1. The third kappa shape index (κ3) is 2.90. The Labute approximate surface area is 116 Å². The molecule has 104 valence electrons. The number of hydrogen-bond donors (Lipinski definition) is 2. The summed E-state index contributed by atoms with van der Waals surface area (Å²) in [5, 5.41) is 11.0. The van der Waals surface area contributed by atoms with Crippen molar-refractivity contribution in [1.29, 1.82) is 0 Å². The van der Waals surface area contributed by atoms with Crippen LogP contribution in [0.15, 0.2) is 24.4 Å². The molecule has 0 unspecified atom stereocenters. The Hall–Kier alpha value is -2.52. The van der Waals surface area contributed by atoms with Gasteiger partial charge in [-0.15, -0.1) is 0 Å². The second-order valence-corrected chi connectivity index (χ2v) is 3.90. The van der Waals surface area contributed by atoms with Crippen molar-refractivity contribution in [3.63, 3.8) is 0 Å². The van der Waals surface area contributed by atoms with E-state index in [1.807, 2.05) is 0 Å². The van der Waals surface area contributed by atoms with E-state index in [4.69, 9.17) is 22.2 Å². The van der Waals surface area contributed by atoms with Crippen LogP contribution in [0.3, 0.4) is 0 Å². The number of benzene rings is 1. The molecule has 0 amide bonds. The highest BCUT2D eigenvalue weighted by Gasteiger charge is 2.19. The number of nitrogen functional groups attached to an aromatic ring is 1. The van der Waals surface area contributed by atoms with Gasteiger partial charge in [0, 0.05) is 17.2 Å². The number of nitrogens with zero attached hydrogens (tertiary/aromatic N) is 3. The lowest BCUT2D eigenvalue weighted by molar-refractivity contribution is -0.385. The third-order valence-electron chi connectivity index (χ3n) is 2.17. The van der Waals surface area contributed by atoms with Gasteiger partial charge in [0.2, 0.25) is 17.5 Å². The standard InChI is InChI=1S/C10H7ClFN5O3/c11-5-1-2-7(17(18)19)8(3-5)20-9-6(12)4-14-10(15-9)16-13/h1-4H,13H2,(H,14,15,16). The van der Waals surface area contributed by atoms with Crippen LogP contribution < -0.4 is 16.0 Å². The number of rotatable bonds is 4. The summed E-state index contributed by atoms with van der Waals surface area (Å²) in [6.45, 7) is 0. The molecule has 0 aliphatic heterocycles. The first kappa shape index (κ1) is 13.9. The van der Waals surface area contributed by atoms with Crippen LogP contribution in [0.2, 0.25) is 5.02 Å². The number of halogens is 2. The van der Waals surface area contributed by atoms with Crippen LogP contribution in [0.1, 0.15) is 0 Å². The van der Waals surface area contributed by atoms with Gasteiger partial charge >= 0.3 is 5.69 Å². The van der Waals surface area contributed by atoms with Crippen LogP contribution in [0.5, 0.6) is 11.6 Å². The molecule has 0 fully saturated rings. The minimum atomic E-state index is -0.904. The van der Waals surface area contributed by atoms with Crippen LogP contribution in [0.4, 0.5) is 16.0 Å². The van der Waals surface area contributed by atoms with Crippen LogP contribution >= 0.6 is 11.6 Å². The van der Waals surface area contributed by atoms with Gasteiger partial charge in [0.25, 0.3) is 5.88 Å². The lowest BCUT2D eigenvalue weighted by atomic mass is 10.3. The normalized spacial score (nSPS) is 10.2. The number of anilines is 1. The first-order chi connectivity index (χ1) is 9.51. The summed E-state index contributed by atoms with van der Waals surface area (Å²) in [6, 6.07) is 3.63. The maximum absolute atomic E-state index is 13.5. The summed E-state index contributed by atoms with van der Waals surface area (Å²) >= 11 is 5.72. The van der Waals surface area contributed by atoms with Crippen molar-refractivity contribution in [1.82, 2.24) is 9.97 Å². The topological polar surface area (TPSA) is 116 Å². The smallest absolute Gasteiger partial charge is 0.311 e. The Balaban J connectivity index is 2.43. The Morgan fingerprint density at radius 1 is 1.50 bits per heavy atom. The van der Waals surface area contributed by atoms with Gasteiger partial charge in [0.05, 0.1) is 11.1 Å². The first-order valence-corrected chi connectivity index (χ1v) is 5.50. The Kier molecular flexibility index (Phi) is 3.91. The zero-order valence-corrected chi connectivity index (χ0v) is 10.5. The fraction of sp³-hybridized carbons (Fsp3) is 0. The van der Waals surface area contributed by atoms with E-state index < -0.39 is 16.6 Å². The highest BCUT2D eigenvalue weighted by Crippen LogP contribution is 2.33. The maximum atomic E-state index is 13.5. The second-order valence-electron chi connectivity index (χ2n) is 3.46. The van der Waals surface area contributed by atoms with Gasteiger partial charge in [-0.2, -0.15) is 9.37 Å². The van der Waals surface area contributed by atoms with E-state index in [1.54, 1.807) is 0 Å². The van der Waals surface area contributed by atoms with Crippen molar-refractivity contribution in [3.8, 4) is 11.6 Å². The van der Waals surface area contributed by atoms with Crippen LogP contribution in [-0.4, -0.2) is 14.9 Å². The molecular weight excluding hydrogens is 293 g/mol. The Morgan fingerprint density at radius 2 is 2.25 bits per heavy atom. The summed E-state index contributed by atoms with van der Waals surface area (Å²) < 4.78 is 18.6. The highest BCUT2D eigenvalue weighted by molar-refractivity contribution is 6.30. The number of ether oxygens (including phenoxy) is 1. The van der Waals surface area contributed by atoms with E-state index in [2.05, 4.69) is 15.4 Å². The van der Waals surface area contributed by atoms with Crippen LogP contribution in [0, 0.1) is 15.9 Å².